The number of fused-ring (bicyclic) bond motifs is 1. The van der Waals surface area contributed by atoms with E-state index >= 15 is 0 Å². The number of carboxylic acid groups (broad SMARTS) is 1. The molecule has 130 valence electrons. The number of hydrogen-bond donors (Lipinski definition) is 2. The van der Waals surface area contributed by atoms with Gasteiger partial charge in [0.05, 0.1) is 10.9 Å². The van der Waals surface area contributed by atoms with Gasteiger partial charge in [-0.25, -0.2) is 9.78 Å². The highest BCUT2D eigenvalue weighted by Gasteiger charge is 2.17. The van der Waals surface area contributed by atoms with Crippen LogP contribution >= 0.6 is 11.3 Å². The lowest BCUT2D eigenvalue weighted by Gasteiger charge is -2.02. The highest BCUT2D eigenvalue weighted by molar-refractivity contribution is 7.18. The van der Waals surface area contributed by atoms with E-state index in [2.05, 4.69) is 9.97 Å². The van der Waals surface area contributed by atoms with E-state index in [0.717, 1.165) is 10.4 Å². The van der Waals surface area contributed by atoms with Crippen LogP contribution in [0.5, 0.6) is 0 Å². The van der Waals surface area contributed by atoms with Crippen molar-refractivity contribution >= 4 is 27.5 Å². The minimum absolute atomic E-state index is 0.148. The fraction of sp³-hybridized carbons (Fsp3) is 0.105. The van der Waals surface area contributed by atoms with Crippen LogP contribution in [0.25, 0.3) is 33.1 Å². The second-order valence-electron chi connectivity index (χ2n) is 5.89. The molecule has 0 atom stereocenters. The Morgan fingerprint density at radius 2 is 1.88 bits per heavy atom. The number of H-pyrrole nitrogens is 1. The molecule has 0 radical (unpaired) electrons. The number of nitrogens with one attached hydrogen (secondary N) is 1. The van der Waals surface area contributed by atoms with Crippen LogP contribution in [0.15, 0.2) is 45.6 Å². The number of nitrogens with zero attached hydrogens (tertiary/aromatic N) is 1. The molecule has 4 aromatic rings. The number of carboxylic acids is 1. The van der Waals surface area contributed by atoms with E-state index in [1.165, 1.54) is 17.4 Å². The molecule has 6 nitrogen and oxygen atoms in total. The Hall–Kier alpha value is -3.19. The minimum Gasteiger partial charge on any atom is -0.478 e. The number of rotatable bonds is 3. The maximum Gasteiger partial charge on any atom is 0.336 e. The summed E-state index contributed by atoms with van der Waals surface area (Å²) < 4.78 is 5.80. The van der Waals surface area contributed by atoms with E-state index in [1.54, 1.807) is 30.3 Å². The summed E-state index contributed by atoms with van der Waals surface area (Å²) in [6, 6.07) is 9.94. The Morgan fingerprint density at radius 3 is 2.65 bits per heavy atom. The average molecular weight is 366 g/mol. The number of furan rings is 1. The van der Waals surface area contributed by atoms with Crippen molar-refractivity contribution in [3.63, 3.8) is 0 Å². The molecule has 0 bridgehead atoms. The van der Waals surface area contributed by atoms with Gasteiger partial charge in [-0.2, -0.15) is 0 Å². The molecule has 0 aliphatic rings. The van der Waals surface area contributed by atoms with Crippen LogP contribution in [-0.4, -0.2) is 21.0 Å². The number of aromatic carboxylic acids is 1. The minimum atomic E-state index is -1.03. The van der Waals surface area contributed by atoms with Crippen molar-refractivity contribution < 1.29 is 14.3 Å². The molecule has 0 amide bonds. The van der Waals surface area contributed by atoms with Gasteiger partial charge in [-0.05, 0) is 37.6 Å². The molecular weight excluding hydrogens is 352 g/mol. The maximum atomic E-state index is 12.4. The van der Waals surface area contributed by atoms with Crippen LogP contribution in [0, 0.1) is 13.8 Å². The van der Waals surface area contributed by atoms with E-state index in [-0.39, 0.29) is 11.1 Å². The molecule has 0 aliphatic carbocycles. The molecule has 4 rings (SSSR count). The summed E-state index contributed by atoms with van der Waals surface area (Å²) in [5.41, 5.74) is 1.34. The van der Waals surface area contributed by atoms with Gasteiger partial charge in [0.25, 0.3) is 5.56 Å². The van der Waals surface area contributed by atoms with Crippen LogP contribution < -0.4 is 5.56 Å². The van der Waals surface area contributed by atoms with E-state index < -0.39 is 5.97 Å². The van der Waals surface area contributed by atoms with Crippen LogP contribution in [0.2, 0.25) is 0 Å². The third kappa shape index (κ3) is 2.53. The standard InChI is InChI=1S/C19H14N2O4S/c1-9-10(2)26-18-15(9)17(22)20-16(21-18)14-8-7-13(25-14)11-5-3-4-6-12(11)19(23)24/h3-8H,1-2H3,(H,23,24)(H,20,21,22). The van der Waals surface area contributed by atoms with Gasteiger partial charge in [0.1, 0.15) is 10.6 Å². The zero-order chi connectivity index (χ0) is 18.4. The molecule has 0 aliphatic heterocycles. The summed E-state index contributed by atoms with van der Waals surface area (Å²) in [6.07, 6.45) is 0. The number of thiophene rings is 1. The zero-order valence-electron chi connectivity index (χ0n) is 14.0. The number of benzene rings is 1. The second-order valence-corrected chi connectivity index (χ2v) is 7.10. The Kier molecular flexibility index (Phi) is 3.73. The normalized spacial score (nSPS) is 11.2. The zero-order valence-corrected chi connectivity index (χ0v) is 14.8. The van der Waals surface area contributed by atoms with Crippen molar-refractivity contribution in [2.24, 2.45) is 0 Å². The van der Waals surface area contributed by atoms with Gasteiger partial charge < -0.3 is 14.5 Å². The van der Waals surface area contributed by atoms with E-state index in [1.807, 2.05) is 13.8 Å². The van der Waals surface area contributed by atoms with E-state index in [9.17, 15) is 14.7 Å². The lowest BCUT2D eigenvalue weighted by Crippen LogP contribution is -2.08. The molecule has 2 N–H and O–H groups in total. The molecular formula is C19H14N2O4S. The van der Waals surface area contributed by atoms with Gasteiger partial charge >= 0.3 is 5.97 Å². The Bertz CT molecular complexity index is 1220. The monoisotopic (exact) mass is 366 g/mol. The Labute approximate surface area is 151 Å². The molecule has 0 unspecified atom stereocenters. The first-order valence-electron chi connectivity index (χ1n) is 7.88. The van der Waals surface area contributed by atoms with Gasteiger partial charge in [-0.15, -0.1) is 11.3 Å². The topological polar surface area (TPSA) is 96.2 Å². The largest absolute Gasteiger partial charge is 0.478 e. The second kappa shape index (κ2) is 5.96. The third-order valence-corrected chi connectivity index (χ3v) is 5.40. The van der Waals surface area contributed by atoms with Crippen LogP contribution in [0.1, 0.15) is 20.8 Å². The summed E-state index contributed by atoms with van der Waals surface area (Å²) >= 11 is 1.46. The molecule has 3 aromatic heterocycles. The van der Waals surface area contributed by atoms with Crippen molar-refractivity contribution in [3.8, 4) is 22.9 Å². The smallest absolute Gasteiger partial charge is 0.336 e. The number of aromatic amines is 1. The first kappa shape index (κ1) is 16.3. The van der Waals surface area contributed by atoms with Gasteiger partial charge in [-0.1, -0.05) is 18.2 Å². The van der Waals surface area contributed by atoms with Crippen LogP contribution in [0.4, 0.5) is 0 Å². The highest BCUT2D eigenvalue weighted by atomic mass is 32.1. The van der Waals surface area contributed by atoms with Crippen molar-refractivity contribution in [2.45, 2.75) is 13.8 Å². The van der Waals surface area contributed by atoms with Crippen molar-refractivity contribution in [3.05, 3.63) is 62.8 Å². The third-order valence-electron chi connectivity index (χ3n) is 4.30. The van der Waals surface area contributed by atoms with Crippen LogP contribution in [0.3, 0.4) is 0 Å². The van der Waals surface area contributed by atoms with Gasteiger partial charge in [0.2, 0.25) is 0 Å². The van der Waals surface area contributed by atoms with Crippen LogP contribution in [-0.2, 0) is 0 Å². The quantitative estimate of drug-likeness (QED) is 0.566. The average Bonchev–Trinajstić information content (AvgIpc) is 3.20. The summed E-state index contributed by atoms with van der Waals surface area (Å²) in [7, 11) is 0. The van der Waals surface area contributed by atoms with Gasteiger partial charge in [0.15, 0.2) is 11.6 Å². The van der Waals surface area contributed by atoms with E-state index in [0.29, 0.717) is 33.1 Å². The molecule has 3 heterocycles. The Balaban J connectivity index is 1.84. The molecule has 0 spiro atoms. The van der Waals surface area contributed by atoms with Crippen molar-refractivity contribution in [1.82, 2.24) is 9.97 Å². The first-order chi connectivity index (χ1) is 12.5. The predicted molar refractivity (Wildman–Crippen MR) is 99.8 cm³/mol. The van der Waals surface area contributed by atoms with E-state index in [4.69, 9.17) is 4.42 Å². The number of hydrogen-bond acceptors (Lipinski definition) is 5. The number of aromatic nitrogens is 2. The fourth-order valence-electron chi connectivity index (χ4n) is 2.87. The molecule has 7 heteroatoms. The number of carbonyl (C=O) groups is 1. The lowest BCUT2D eigenvalue weighted by molar-refractivity contribution is 0.0697. The molecule has 0 fully saturated rings. The van der Waals surface area contributed by atoms with Gasteiger partial charge in [0, 0.05) is 10.4 Å². The van der Waals surface area contributed by atoms with Crippen molar-refractivity contribution in [1.29, 1.82) is 0 Å². The summed E-state index contributed by atoms with van der Waals surface area (Å²) in [5, 5.41) is 9.93. The summed E-state index contributed by atoms with van der Waals surface area (Å²) in [6.45, 7) is 3.85. The lowest BCUT2D eigenvalue weighted by atomic mass is 10.1. The summed E-state index contributed by atoms with van der Waals surface area (Å²) in [4.78, 5) is 32.8. The summed E-state index contributed by atoms with van der Waals surface area (Å²) in [5.74, 6) is 0.0704. The first-order valence-corrected chi connectivity index (χ1v) is 8.70. The molecule has 1 aromatic carbocycles. The number of aryl methyl sites for hydroxylation is 2. The Morgan fingerprint density at radius 1 is 1.15 bits per heavy atom. The maximum absolute atomic E-state index is 12.4. The predicted octanol–water partition coefficient (Wildman–Crippen LogP) is 4.23. The van der Waals surface area contributed by atoms with Gasteiger partial charge in [-0.3, -0.25) is 4.79 Å². The highest BCUT2D eigenvalue weighted by Crippen LogP contribution is 2.31. The SMILES string of the molecule is Cc1sc2nc(-c3ccc(-c4ccccc4C(=O)O)o3)[nH]c(=O)c2c1C. The fourth-order valence-corrected chi connectivity index (χ4v) is 3.90. The molecule has 0 saturated carbocycles. The molecule has 0 saturated heterocycles. The van der Waals surface area contributed by atoms with Crippen molar-refractivity contribution in [2.75, 3.05) is 0 Å². The molecule has 26 heavy (non-hydrogen) atoms.